The molecule has 0 unspecified atom stereocenters. The number of nitrogens with one attached hydrogen (secondary N) is 1. The number of H-pyrrole nitrogens is 1. The number of amides is 1. The van der Waals surface area contributed by atoms with Crippen LogP contribution < -0.4 is 4.90 Å². The lowest BCUT2D eigenvalue weighted by atomic mass is 9.91. The third-order valence-corrected chi connectivity index (χ3v) is 4.83. The third-order valence-electron chi connectivity index (χ3n) is 4.55. The summed E-state index contributed by atoms with van der Waals surface area (Å²) in [5.41, 5.74) is 1.46. The van der Waals surface area contributed by atoms with Crippen molar-refractivity contribution in [3.05, 3.63) is 53.3 Å². The third kappa shape index (κ3) is 3.66. The van der Waals surface area contributed by atoms with Crippen molar-refractivity contribution < 1.29 is 9.18 Å². The van der Waals surface area contributed by atoms with Crippen molar-refractivity contribution in [1.29, 1.82) is 0 Å². The zero-order valence-corrected chi connectivity index (χ0v) is 15.0. The van der Waals surface area contributed by atoms with Gasteiger partial charge in [0.15, 0.2) is 16.8 Å². The Morgan fingerprint density at radius 1 is 1.33 bits per heavy atom. The van der Waals surface area contributed by atoms with E-state index in [0.717, 1.165) is 18.4 Å². The smallest absolute Gasteiger partial charge is 0.232 e. The fourth-order valence-corrected chi connectivity index (χ4v) is 3.31. The largest absolute Gasteiger partial charge is 0.281 e. The number of anilines is 1. The lowest BCUT2D eigenvalue weighted by Gasteiger charge is -2.30. The fourth-order valence-electron chi connectivity index (χ4n) is 3.21. The molecule has 1 atom stereocenters. The highest BCUT2D eigenvalue weighted by Gasteiger charge is 2.31. The average molecular weight is 387 g/mol. The number of aromatic nitrogens is 5. The molecule has 7 nitrogen and oxygen atoms in total. The molecule has 4 rings (SSSR count). The van der Waals surface area contributed by atoms with Crippen molar-refractivity contribution >= 4 is 23.5 Å². The van der Waals surface area contributed by atoms with Crippen LogP contribution in [0.3, 0.4) is 0 Å². The molecule has 1 aliphatic heterocycles. The first-order chi connectivity index (χ1) is 13.1. The van der Waals surface area contributed by atoms with Crippen LogP contribution in [0, 0.1) is 11.7 Å². The second-order valence-corrected chi connectivity index (χ2v) is 6.73. The molecule has 1 fully saturated rings. The first-order valence-corrected chi connectivity index (χ1v) is 8.93. The molecule has 3 aromatic heterocycles. The van der Waals surface area contributed by atoms with Crippen molar-refractivity contribution in [2.45, 2.75) is 19.3 Å². The Labute approximate surface area is 159 Å². The Bertz CT molecular complexity index is 963. The summed E-state index contributed by atoms with van der Waals surface area (Å²) in [6, 6.07) is 4.93. The highest BCUT2D eigenvalue weighted by atomic mass is 35.5. The number of piperidine rings is 1. The summed E-state index contributed by atoms with van der Waals surface area (Å²) in [5.74, 6) is 0.0133. The van der Waals surface area contributed by atoms with E-state index >= 15 is 0 Å². The van der Waals surface area contributed by atoms with Crippen molar-refractivity contribution in [3.63, 3.8) is 0 Å². The van der Waals surface area contributed by atoms with Gasteiger partial charge in [-0.3, -0.25) is 14.7 Å². The molecule has 4 heterocycles. The second kappa shape index (κ2) is 7.40. The Morgan fingerprint density at radius 2 is 2.15 bits per heavy atom. The highest BCUT2D eigenvalue weighted by Crippen LogP contribution is 2.26. The van der Waals surface area contributed by atoms with Crippen molar-refractivity contribution in [2.75, 3.05) is 11.4 Å². The van der Waals surface area contributed by atoms with Crippen LogP contribution in [0.15, 0.2) is 36.8 Å². The van der Waals surface area contributed by atoms with Crippen LogP contribution >= 0.6 is 11.6 Å². The van der Waals surface area contributed by atoms with Gasteiger partial charge in [-0.25, -0.2) is 14.5 Å². The van der Waals surface area contributed by atoms with Gasteiger partial charge in [-0.05, 0) is 43.0 Å². The van der Waals surface area contributed by atoms with Crippen LogP contribution in [0.1, 0.15) is 18.4 Å². The Morgan fingerprint density at radius 3 is 2.93 bits per heavy atom. The molecule has 0 aromatic carbocycles. The maximum atomic E-state index is 13.6. The summed E-state index contributed by atoms with van der Waals surface area (Å²) < 4.78 is 13.6. The lowest BCUT2D eigenvalue weighted by Crippen LogP contribution is -2.42. The SMILES string of the molecule is O=C1[C@H](Cc2cnc(Cl)c(F)c2)CCCN1c1nc(-c2ccncc2)n[nH]1. The van der Waals surface area contributed by atoms with E-state index < -0.39 is 5.82 Å². The minimum absolute atomic E-state index is 0.0611. The van der Waals surface area contributed by atoms with Crippen LogP contribution in [0.5, 0.6) is 0 Å². The predicted molar refractivity (Wildman–Crippen MR) is 97.6 cm³/mol. The normalized spacial score (nSPS) is 17.3. The van der Waals surface area contributed by atoms with Gasteiger partial charge in [-0.1, -0.05) is 11.6 Å². The number of halogens is 2. The molecule has 0 radical (unpaired) electrons. The van der Waals surface area contributed by atoms with Crippen LogP contribution in [0.4, 0.5) is 10.3 Å². The minimum Gasteiger partial charge on any atom is -0.281 e. The standard InChI is InChI=1S/C18H16ClFN6O/c19-15-14(20)9-11(10-22-15)8-13-2-1-7-26(17(13)27)18-23-16(24-25-18)12-3-5-21-6-4-12/h3-6,9-10,13H,1-2,7-8H2,(H,23,24,25)/t13-/m0/s1. The number of carbonyl (C=O) groups excluding carboxylic acids is 1. The Balaban J connectivity index is 1.52. The molecule has 0 aliphatic carbocycles. The van der Waals surface area contributed by atoms with Crippen LogP contribution in [0.25, 0.3) is 11.4 Å². The first-order valence-electron chi connectivity index (χ1n) is 8.56. The predicted octanol–water partition coefficient (Wildman–Crippen LogP) is 3.04. The number of carbonyl (C=O) groups is 1. The summed E-state index contributed by atoms with van der Waals surface area (Å²) in [6.45, 7) is 0.563. The number of aromatic amines is 1. The molecule has 0 saturated carbocycles. The molecule has 1 amide bonds. The topological polar surface area (TPSA) is 87.7 Å². The van der Waals surface area contributed by atoms with E-state index in [1.165, 1.54) is 12.3 Å². The minimum atomic E-state index is -0.577. The molecular formula is C18H16ClFN6O. The Hall–Kier alpha value is -2.87. The van der Waals surface area contributed by atoms with Gasteiger partial charge < -0.3 is 0 Å². The van der Waals surface area contributed by atoms with Crippen LogP contribution in [0.2, 0.25) is 5.15 Å². The summed E-state index contributed by atoms with van der Waals surface area (Å²) >= 11 is 5.62. The average Bonchev–Trinajstić information content (AvgIpc) is 3.17. The van der Waals surface area contributed by atoms with E-state index in [4.69, 9.17) is 11.6 Å². The van der Waals surface area contributed by atoms with Crippen molar-refractivity contribution in [3.8, 4) is 11.4 Å². The monoisotopic (exact) mass is 386 g/mol. The molecule has 1 saturated heterocycles. The number of pyridine rings is 2. The molecule has 3 aromatic rings. The fraction of sp³-hybridized carbons (Fsp3) is 0.278. The van der Waals surface area contributed by atoms with E-state index in [2.05, 4.69) is 25.1 Å². The molecule has 27 heavy (non-hydrogen) atoms. The van der Waals surface area contributed by atoms with Crippen molar-refractivity contribution in [2.24, 2.45) is 5.92 Å². The molecule has 1 N–H and O–H groups in total. The van der Waals surface area contributed by atoms with Gasteiger partial charge in [0.1, 0.15) is 0 Å². The second-order valence-electron chi connectivity index (χ2n) is 6.37. The summed E-state index contributed by atoms with van der Waals surface area (Å²) in [6.07, 6.45) is 6.78. The first kappa shape index (κ1) is 17.5. The number of nitrogens with zero attached hydrogens (tertiary/aromatic N) is 5. The van der Waals surface area contributed by atoms with Crippen LogP contribution in [-0.4, -0.2) is 37.6 Å². The van der Waals surface area contributed by atoms with E-state index in [1.807, 2.05) is 0 Å². The maximum absolute atomic E-state index is 13.6. The summed E-state index contributed by atoms with van der Waals surface area (Å²) in [7, 11) is 0. The van der Waals surface area contributed by atoms with Gasteiger partial charge in [0.25, 0.3) is 0 Å². The molecular weight excluding hydrogens is 371 g/mol. The van der Waals surface area contributed by atoms with Gasteiger partial charge in [-0.2, -0.15) is 10.1 Å². The number of rotatable bonds is 4. The molecule has 138 valence electrons. The summed E-state index contributed by atoms with van der Waals surface area (Å²) in [4.78, 5) is 26.7. The van der Waals surface area contributed by atoms with E-state index in [1.54, 1.807) is 29.4 Å². The van der Waals surface area contributed by atoms with E-state index in [0.29, 0.717) is 30.3 Å². The van der Waals surface area contributed by atoms with Gasteiger partial charge in [0, 0.05) is 36.6 Å². The number of hydrogen-bond donors (Lipinski definition) is 1. The zero-order valence-electron chi connectivity index (χ0n) is 14.3. The van der Waals surface area contributed by atoms with Gasteiger partial charge >= 0.3 is 0 Å². The van der Waals surface area contributed by atoms with Gasteiger partial charge in [0.2, 0.25) is 11.9 Å². The Kier molecular flexibility index (Phi) is 4.81. The lowest BCUT2D eigenvalue weighted by molar-refractivity contribution is -0.123. The zero-order chi connectivity index (χ0) is 18.8. The maximum Gasteiger partial charge on any atom is 0.232 e. The van der Waals surface area contributed by atoms with Gasteiger partial charge in [0.05, 0.1) is 0 Å². The summed E-state index contributed by atoms with van der Waals surface area (Å²) in [5, 5.41) is 6.87. The molecule has 0 spiro atoms. The van der Waals surface area contributed by atoms with E-state index in [-0.39, 0.29) is 17.0 Å². The van der Waals surface area contributed by atoms with Crippen LogP contribution in [-0.2, 0) is 11.2 Å². The quantitative estimate of drug-likeness (QED) is 0.696. The van der Waals surface area contributed by atoms with Crippen molar-refractivity contribution in [1.82, 2.24) is 25.1 Å². The van der Waals surface area contributed by atoms with E-state index in [9.17, 15) is 9.18 Å². The molecule has 1 aliphatic rings. The molecule has 0 bridgehead atoms. The molecule has 9 heteroatoms. The number of hydrogen-bond acceptors (Lipinski definition) is 5. The van der Waals surface area contributed by atoms with Gasteiger partial charge in [-0.15, -0.1) is 0 Å². The highest BCUT2D eigenvalue weighted by molar-refractivity contribution is 6.29.